The number of nitrogens with zero attached hydrogens (tertiary/aromatic N) is 1. The van der Waals surface area contributed by atoms with Crippen LogP contribution in [0.3, 0.4) is 0 Å². The van der Waals surface area contributed by atoms with Gasteiger partial charge in [0.15, 0.2) is 0 Å². The van der Waals surface area contributed by atoms with Gasteiger partial charge in [0.25, 0.3) is 5.91 Å². The summed E-state index contributed by atoms with van der Waals surface area (Å²) in [6.45, 7) is 5.46. The summed E-state index contributed by atoms with van der Waals surface area (Å²) in [5.74, 6) is 0.00863. The van der Waals surface area contributed by atoms with E-state index in [-0.39, 0.29) is 11.9 Å². The third-order valence-electron chi connectivity index (χ3n) is 6.29. The highest BCUT2D eigenvalue weighted by molar-refractivity contribution is 5.94. The van der Waals surface area contributed by atoms with Crippen LogP contribution >= 0.6 is 0 Å². The minimum atomic E-state index is 0.00863. The van der Waals surface area contributed by atoms with E-state index < -0.39 is 0 Å². The lowest BCUT2D eigenvalue weighted by Crippen LogP contribution is -2.27. The van der Waals surface area contributed by atoms with Gasteiger partial charge in [-0.15, -0.1) is 0 Å². The number of nitrogens with one attached hydrogen (secondary N) is 1. The van der Waals surface area contributed by atoms with Gasteiger partial charge in [-0.25, -0.2) is 0 Å². The van der Waals surface area contributed by atoms with Gasteiger partial charge in [-0.2, -0.15) is 0 Å². The minimum absolute atomic E-state index is 0.00863. The lowest BCUT2D eigenvalue weighted by molar-refractivity contribution is 0.0940. The van der Waals surface area contributed by atoms with E-state index in [1.165, 1.54) is 80.3 Å². The molecule has 3 nitrogen and oxygen atoms in total. The SMILES string of the molecule is CC(NC(=O)c1ccc(CN2CCCCCC2)cc1)c1ccc2c(c1)CCC2. The predicted octanol–water partition coefficient (Wildman–Crippen LogP) is 5.04. The number of carbonyl (C=O) groups excluding carboxylic acids is 1. The van der Waals surface area contributed by atoms with Crippen LogP contribution in [0.2, 0.25) is 0 Å². The zero-order valence-corrected chi connectivity index (χ0v) is 17.0. The summed E-state index contributed by atoms with van der Waals surface area (Å²) >= 11 is 0. The quantitative estimate of drug-likeness (QED) is 0.793. The van der Waals surface area contributed by atoms with E-state index in [1.807, 2.05) is 12.1 Å². The lowest BCUT2D eigenvalue weighted by atomic mass is 10.0. The van der Waals surface area contributed by atoms with Gasteiger partial charge in [0.2, 0.25) is 0 Å². The molecule has 1 aliphatic carbocycles. The molecule has 3 heteroatoms. The Morgan fingerprint density at radius 1 is 0.929 bits per heavy atom. The van der Waals surface area contributed by atoms with E-state index in [9.17, 15) is 4.79 Å². The van der Waals surface area contributed by atoms with Crippen LogP contribution in [0.15, 0.2) is 42.5 Å². The first-order chi connectivity index (χ1) is 13.7. The second-order valence-corrected chi connectivity index (χ2v) is 8.46. The van der Waals surface area contributed by atoms with Crippen LogP contribution in [-0.2, 0) is 19.4 Å². The molecular formula is C25H32N2O. The first-order valence-electron chi connectivity index (χ1n) is 10.9. The van der Waals surface area contributed by atoms with E-state index >= 15 is 0 Å². The molecule has 1 aliphatic heterocycles. The molecule has 0 bridgehead atoms. The van der Waals surface area contributed by atoms with E-state index in [2.05, 4.69) is 47.5 Å². The maximum Gasteiger partial charge on any atom is 0.251 e. The molecule has 4 rings (SSSR count). The molecular weight excluding hydrogens is 344 g/mol. The number of benzene rings is 2. The van der Waals surface area contributed by atoms with Gasteiger partial charge in [-0.3, -0.25) is 9.69 Å². The van der Waals surface area contributed by atoms with Gasteiger partial charge < -0.3 is 5.32 Å². The molecule has 2 aromatic rings. The van der Waals surface area contributed by atoms with Crippen LogP contribution in [0.25, 0.3) is 0 Å². The second-order valence-electron chi connectivity index (χ2n) is 8.46. The summed E-state index contributed by atoms with van der Waals surface area (Å²) in [5.41, 5.74) is 6.17. The van der Waals surface area contributed by atoms with Crippen molar-refractivity contribution in [2.75, 3.05) is 13.1 Å². The van der Waals surface area contributed by atoms with Crippen molar-refractivity contribution in [3.05, 3.63) is 70.3 Å². The summed E-state index contributed by atoms with van der Waals surface area (Å²) in [6, 6.07) is 14.9. The average Bonchev–Trinajstić information content (AvgIpc) is 3.04. The minimum Gasteiger partial charge on any atom is -0.346 e. The predicted molar refractivity (Wildman–Crippen MR) is 115 cm³/mol. The van der Waals surface area contributed by atoms with Crippen molar-refractivity contribution in [2.45, 2.75) is 64.5 Å². The molecule has 148 valence electrons. The van der Waals surface area contributed by atoms with Gasteiger partial charge in [0, 0.05) is 12.1 Å². The molecule has 1 saturated heterocycles. The number of likely N-dealkylation sites (tertiary alicyclic amines) is 1. The van der Waals surface area contributed by atoms with E-state index in [0.29, 0.717) is 0 Å². The maximum atomic E-state index is 12.7. The molecule has 0 radical (unpaired) electrons. The van der Waals surface area contributed by atoms with Crippen molar-refractivity contribution >= 4 is 5.91 Å². The van der Waals surface area contributed by atoms with Crippen molar-refractivity contribution in [1.29, 1.82) is 0 Å². The average molecular weight is 377 g/mol. The van der Waals surface area contributed by atoms with Crippen LogP contribution < -0.4 is 5.32 Å². The number of hydrogen-bond acceptors (Lipinski definition) is 2. The first-order valence-corrected chi connectivity index (χ1v) is 10.9. The second kappa shape index (κ2) is 8.91. The largest absolute Gasteiger partial charge is 0.346 e. The summed E-state index contributed by atoms with van der Waals surface area (Å²) in [4.78, 5) is 15.2. The van der Waals surface area contributed by atoms with Crippen molar-refractivity contribution in [1.82, 2.24) is 10.2 Å². The highest BCUT2D eigenvalue weighted by Crippen LogP contribution is 2.25. The Kier molecular flexibility index (Phi) is 6.11. The fourth-order valence-corrected chi connectivity index (χ4v) is 4.54. The molecule has 1 N–H and O–H groups in total. The third-order valence-corrected chi connectivity index (χ3v) is 6.29. The highest BCUT2D eigenvalue weighted by atomic mass is 16.1. The third kappa shape index (κ3) is 4.64. The summed E-state index contributed by atoms with van der Waals surface area (Å²) in [7, 11) is 0. The van der Waals surface area contributed by atoms with Crippen LogP contribution in [-0.4, -0.2) is 23.9 Å². The Labute approximate surface area is 169 Å². The molecule has 1 fully saturated rings. The smallest absolute Gasteiger partial charge is 0.251 e. The van der Waals surface area contributed by atoms with Gasteiger partial charge in [-0.1, -0.05) is 43.2 Å². The molecule has 28 heavy (non-hydrogen) atoms. The van der Waals surface area contributed by atoms with Crippen molar-refractivity contribution in [2.24, 2.45) is 0 Å². The summed E-state index contributed by atoms with van der Waals surface area (Å²) in [5, 5.41) is 3.16. The fraction of sp³-hybridized carbons (Fsp3) is 0.480. The van der Waals surface area contributed by atoms with Gasteiger partial charge in [0.05, 0.1) is 6.04 Å². The Morgan fingerprint density at radius 2 is 1.64 bits per heavy atom. The highest BCUT2D eigenvalue weighted by Gasteiger charge is 2.16. The standard InChI is InChI=1S/C25H32N2O/c1-19(23-14-13-21-7-6-8-24(21)17-23)26-25(28)22-11-9-20(10-12-22)18-27-15-4-2-3-5-16-27/h9-14,17,19H,2-8,15-16,18H2,1H3,(H,26,28). The topological polar surface area (TPSA) is 32.3 Å². The number of fused-ring (bicyclic) bond motifs is 1. The number of hydrogen-bond donors (Lipinski definition) is 1. The van der Waals surface area contributed by atoms with Crippen molar-refractivity contribution < 1.29 is 4.79 Å². The van der Waals surface area contributed by atoms with Crippen LogP contribution in [0.1, 0.15) is 77.7 Å². The van der Waals surface area contributed by atoms with Gasteiger partial charge >= 0.3 is 0 Å². The number of amides is 1. The Hall–Kier alpha value is -2.13. The van der Waals surface area contributed by atoms with Crippen molar-refractivity contribution in [3.8, 4) is 0 Å². The molecule has 1 heterocycles. The Morgan fingerprint density at radius 3 is 2.39 bits per heavy atom. The number of rotatable bonds is 5. The zero-order valence-electron chi connectivity index (χ0n) is 17.0. The van der Waals surface area contributed by atoms with Crippen LogP contribution in [0.4, 0.5) is 0 Å². The van der Waals surface area contributed by atoms with E-state index in [4.69, 9.17) is 0 Å². The molecule has 2 aliphatic rings. The Bertz CT molecular complexity index is 804. The van der Waals surface area contributed by atoms with E-state index in [0.717, 1.165) is 12.1 Å². The molecule has 1 amide bonds. The molecule has 2 aromatic carbocycles. The van der Waals surface area contributed by atoms with E-state index in [1.54, 1.807) is 0 Å². The molecule has 0 saturated carbocycles. The summed E-state index contributed by atoms with van der Waals surface area (Å²) < 4.78 is 0. The van der Waals surface area contributed by atoms with Crippen molar-refractivity contribution in [3.63, 3.8) is 0 Å². The maximum absolute atomic E-state index is 12.7. The monoisotopic (exact) mass is 376 g/mol. The lowest BCUT2D eigenvalue weighted by Gasteiger charge is -2.20. The molecule has 0 aromatic heterocycles. The normalized spacial score (nSPS) is 18.3. The van der Waals surface area contributed by atoms with Gasteiger partial charge in [-0.05, 0) is 86.5 Å². The number of aryl methyl sites for hydroxylation is 2. The number of carbonyl (C=O) groups is 1. The molecule has 1 unspecified atom stereocenters. The van der Waals surface area contributed by atoms with Gasteiger partial charge in [0.1, 0.15) is 0 Å². The summed E-state index contributed by atoms with van der Waals surface area (Å²) in [6.07, 6.45) is 8.95. The first kappa shape index (κ1) is 19.2. The van der Waals surface area contributed by atoms with Crippen LogP contribution in [0.5, 0.6) is 0 Å². The molecule has 1 atom stereocenters. The zero-order chi connectivity index (χ0) is 19.3. The fourth-order valence-electron chi connectivity index (χ4n) is 4.54. The van der Waals surface area contributed by atoms with Crippen LogP contribution in [0, 0.1) is 0 Å². The molecule has 0 spiro atoms. The Balaban J connectivity index is 1.35.